The Morgan fingerprint density at radius 1 is 1.03 bits per heavy atom. The van der Waals surface area contributed by atoms with E-state index in [1.54, 1.807) is 31.2 Å². The Kier molecular flexibility index (Phi) is 7.83. The van der Waals surface area contributed by atoms with Crippen LogP contribution in [0.15, 0.2) is 48.5 Å². The molecule has 0 spiro atoms. The first-order valence-corrected chi connectivity index (χ1v) is 10.8. The number of para-hydroxylation sites is 2. The largest absolute Gasteiger partial charge is 0.494 e. The number of anilines is 2. The molecule has 2 N–H and O–H groups in total. The first-order valence-electron chi connectivity index (χ1n) is 10.4. The van der Waals surface area contributed by atoms with E-state index in [1.165, 1.54) is 0 Å². The van der Waals surface area contributed by atoms with Gasteiger partial charge in [0, 0.05) is 38.7 Å². The second-order valence-corrected chi connectivity index (χ2v) is 7.70. The third kappa shape index (κ3) is 6.18. The lowest BCUT2D eigenvalue weighted by molar-refractivity contribution is -0.129. The van der Waals surface area contributed by atoms with Gasteiger partial charge in [0.1, 0.15) is 5.75 Å². The predicted octanol–water partition coefficient (Wildman–Crippen LogP) is 3.27. The van der Waals surface area contributed by atoms with Crippen LogP contribution in [0, 0.1) is 0 Å². The lowest BCUT2D eigenvalue weighted by atomic mass is 10.2. The van der Waals surface area contributed by atoms with Crippen molar-refractivity contribution in [2.45, 2.75) is 20.3 Å². The van der Waals surface area contributed by atoms with Crippen LogP contribution in [-0.2, 0) is 4.79 Å². The second-order valence-electron chi connectivity index (χ2n) is 7.29. The molecule has 0 radical (unpaired) electrons. The molecule has 164 valence electrons. The lowest BCUT2D eigenvalue weighted by Gasteiger charge is -2.36. The molecule has 31 heavy (non-hydrogen) atoms. The molecule has 0 aliphatic carbocycles. The van der Waals surface area contributed by atoms with Crippen molar-refractivity contribution >= 4 is 40.5 Å². The van der Waals surface area contributed by atoms with Crippen molar-refractivity contribution in [3.63, 3.8) is 0 Å². The van der Waals surface area contributed by atoms with Crippen LogP contribution in [0.3, 0.4) is 0 Å². The zero-order valence-corrected chi connectivity index (χ0v) is 18.7. The summed E-state index contributed by atoms with van der Waals surface area (Å²) in [4.78, 5) is 28.2. The summed E-state index contributed by atoms with van der Waals surface area (Å²) in [7, 11) is 0. The van der Waals surface area contributed by atoms with Crippen LogP contribution in [0.5, 0.6) is 5.75 Å². The van der Waals surface area contributed by atoms with Gasteiger partial charge >= 0.3 is 0 Å². The van der Waals surface area contributed by atoms with Crippen molar-refractivity contribution in [2.24, 2.45) is 0 Å². The van der Waals surface area contributed by atoms with E-state index in [4.69, 9.17) is 17.0 Å². The van der Waals surface area contributed by atoms with Gasteiger partial charge in [0.15, 0.2) is 5.11 Å². The number of rotatable bonds is 6. The van der Waals surface area contributed by atoms with Crippen molar-refractivity contribution in [2.75, 3.05) is 43.0 Å². The van der Waals surface area contributed by atoms with Gasteiger partial charge in [0.05, 0.1) is 18.0 Å². The fourth-order valence-corrected chi connectivity index (χ4v) is 3.57. The van der Waals surface area contributed by atoms with E-state index >= 15 is 0 Å². The van der Waals surface area contributed by atoms with Crippen LogP contribution in [-0.4, -0.2) is 54.6 Å². The standard InChI is InChI=1S/C23H28N4O3S/c1-3-16-30-19-10-8-18(9-11-19)22(29)25-23(31)24-20-6-4-5-7-21(20)27-14-12-26(13-15-27)17(2)28/h4-11H,3,12-16H2,1-2H3,(H2,24,25,29,31). The molecule has 2 aromatic rings. The molecule has 2 amide bonds. The van der Waals surface area contributed by atoms with Gasteiger partial charge < -0.3 is 19.9 Å². The first-order chi connectivity index (χ1) is 15.0. The molecule has 3 rings (SSSR count). The summed E-state index contributed by atoms with van der Waals surface area (Å²) in [6, 6.07) is 14.8. The van der Waals surface area contributed by atoms with Crippen molar-refractivity contribution in [1.82, 2.24) is 10.2 Å². The van der Waals surface area contributed by atoms with Gasteiger partial charge in [-0.15, -0.1) is 0 Å². The number of carbonyl (C=O) groups is 2. The van der Waals surface area contributed by atoms with Gasteiger partial charge in [-0.25, -0.2) is 0 Å². The first kappa shape index (κ1) is 22.6. The highest BCUT2D eigenvalue weighted by Gasteiger charge is 2.21. The number of carbonyl (C=O) groups excluding carboxylic acids is 2. The smallest absolute Gasteiger partial charge is 0.257 e. The summed E-state index contributed by atoms with van der Waals surface area (Å²) < 4.78 is 5.54. The van der Waals surface area contributed by atoms with Gasteiger partial charge in [0.2, 0.25) is 5.91 Å². The summed E-state index contributed by atoms with van der Waals surface area (Å²) in [5.41, 5.74) is 2.30. The van der Waals surface area contributed by atoms with Crippen LogP contribution >= 0.6 is 12.2 Å². The summed E-state index contributed by atoms with van der Waals surface area (Å²) in [6.45, 7) is 7.13. The molecule has 0 unspecified atom stereocenters. The molecule has 7 nitrogen and oxygen atoms in total. The van der Waals surface area contributed by atoms with E-state index in [0.717, 1.165) is 36.6 Å². The van der Waals surface area contributed by atoms with Crippen LogP contribution in [0.1, 0.15) is 30.6 Å². The van der Waals surface area contributed by atoms with Crippen molar-refractivity contribution < 1.29 is 14.3 Å². The van der Waals surface area contributed by atoms with Crippen molar-refractivity contribution in [3.8, 4) is 5.75 Å². The third-order valence-electron chi connectivity index (χ3n) is 5.03. The Labute approximate surface area is 188 Å². The normalized spacial score (nSPS) is 13.5. The number of hydrogen-bond donors (Lipinski definition) is 2. The van der Waals surface area contributed by atoms with Crippen LogP contribution in [0.25, 0.3) is 0 Å². The van der Waals surface area contributed by atoms with Gasteiger partial charge in [0.25, 0.3) is 5.91 Å². The number of piperazine rings is 1. The molecule has 8 heteroatoms. The van der Waals surface area contributed by atoms with Gasteiger partial charge in [-0.1, -0.05) is 19.1 Å². The second kappa shape index (κ2) is 10.8. The topological polar surface area (TPSA) is 73.9 Å². The predicted molar refractivity (Wildman–Crippen MR) is 127 cm³/mol. The van der Waals surface area contributed by atoms with Crippen LogP contribution in [0.2, 0.25) is 0 Å². The van der Waals surface area contributed by atoms with Crippen molar-refractivity contribution in [3.05, 3.63) is 54.1 Å². The Morgan fingerprint density at radius 2 is 1.71 bits per heavy atom. The average Bonchev–Trinajstić information content (AvgIpc) is 2.78. The number of thiocarbonyl (C=S) groups is 1. The number of benzene rings is 2. The average molecular weight is 441 g/mol. The Bertz CT molecular complexity index is 925. The fourth-order valence-electron chi connectivity index (χ4n) is 3.37. The number of nitrogens with zero attached hydrogens (tertiary/aromatic N) is 2. The minimum Gasteiger partial charge on any atom is -0.494 e. The highest BCUT2D eigenvalue weighted by atomic mass is 32.1. The zero-order valence-electron chi connectivity index (χ0n) is 17.9. The van der Waals surface area contributed by atoms with Crippen LogP contribution < -0.4 is 20.3 Å². The maximum Gasteiger partial charge on any atom is 0.257 e. The van der Waals surface area contributed by atoms with Gasteiger partial charge in [-0.3, -0.25) is 14.9 Å². The number of nitrogens with one attached hydrogen (secondary N) is 2. The molecular formula is C23H28N4O3S. The molecule has 1 fully saturated rings. The SMILES string of the molecule is CCCOc1ccc(C(=O)NC(=S)Nc2ccccc2N2CCN(C(C)=O)CC2)cc1. The Morgan fingerprint density at radius 3 is 2.35 bits per heavy atom. The minimum atomic E-state index is -0.285. The molecule has 0 aromatic heterocycles. The summed E-state index contributed by atoms with van der Waals surface area (Å²) in [6.07, 6.45) is 0.927. The molecule has 1 aliphatic heterocycles. The molecule has 1 aliphatic rings. The fraction of sp³-hybridized carbons (Fsp3) is 0.348. The lowest BCUT2D eigenvalue weighted by Crippen LogP contribution is -2.48. The molecule has 1 heterocycles. The van der Waals surface area contributed by atoms with Crippen molar-refractivity contribution in [1.29, 1.82) is 0 Å². The Hall–Kier alpha value is -3.13. The quantitative estimate of drug-likeness (QED) is 0.672. The van der Waals surface area contributed by atoms with E-state index in [2.05, 4.69) is 15.5 Å². The molecule has 0 bridgehead atoms. The summed E-state index contributed by atoms with van der Waals surface area (Å²) >= 11 is 5.37. The monoisotopic (exact) mass is 440 g/mol. The van der Waals surface area contributed by atoms with E-state index in [9.17, 15) is 9.59 Å². The maximum absolute atomic E-state index is 12.5. The highest BCUT2D eigenvalue weighted by molar-refractivity contribution is 7.80. The van der Waals surface area contributed by atoms with E-state index in [0.29, 0.717) is 25.3 Å². The summed E-state index contributed by atoms with van der Waals surface area (Å²) in [5.74, 6) is 0.546. The Balaban J connectivity index is 1.59. The van der Waals surface area contributed by atoms with Crippen LogP contribution in [0.4, 0.5) is 11.4 Å². The number of amides is 2. The maximum atomic E-state index is 12.5. The van der Waals surface area contributed by atoms with Gasteiger partial charge in [-0.05, 0) is 55.0 Å². The zero-order chi connectivity index (χ0) is 22.2. The van der Waals surface area contributed by atoms with E-state index in [1.807, 2.05) is 36.1 Å². The third-order valence-corrected chi connectivity index (χ3v) is 5.24. The molecule has 1 saturated heterocycles. The highest BCUT2D eigenvalue weighted by Crippen LogP contribution is 2.26. The molecule has 2 aromatic carbocycles. The van der Waals surface area contributed by atoms with E-state index in [-0.39, 0.29) is 16.9 Å². The molecular weight excluding hydrogens is 412 g/mol. The molecule has 0 atom stereocenters. The van der Waals surface area contributed by atoms with Gasteiger partial charge in [-0.2, -0.15) is 0 Å². The number of hydrogen-bond acceptors (Lipinski definition) is 5. The summed E-state index contributed by atoms with van der Waals surface area (Å²) in [5, 5.41) is 6.09. The molecule has 0 saturated carbocycles. The minimum absolute atomic E-state index is 0.0971. The number of ether oxygens (including phenoxy) is 1. The van der Waals surface area contributed by atoms with E-state index < -0.39 is 0 Å².